The zero-order chi connectivity index (χ0) is 19.7. The van der Waals surface area contributed by atoms with Crippen LogP contribution in [0.15, 0.2) is 54.6 Å². The van der Waals surface area contributed by atoms with Crippen LogP contribution in [0.3, 0.4) is 0 Å². The molecule has 0 saturated carbocycles. The number of para-hydroxylation sites is 1. The number of hydrogen-bond acceptors (Lipinski definition) is 4. The Morgan fingerprint density at radius 3 is 2.14 bits per heavy atom. The smallest absolute Gasteiger partial charge is 0.241 e. The molecule has 148 valence electrons. The van der Waals surface area contributed by atoms with Crippen LogP contribution in [-0.2, 0) is 27.8 Å². The molecule has 4 rings (SSSR count). The lowest BCUT2D eigenvalue weighted by atomic mass is 9.95. The molecule has 0 radical (unpaired) electrons. The number of anilines is 1. The SMILES string of the molecule is CS(=O)(=O)N1Cc2ccccc2C[C@@H]1C(=O)N1CCN(c2ccccc2)CC1. The number of piperazine rings is 1. The Kier molecular flexibility index (Phi) is 5.12. The van der Waals surface area contributed by atoms with Gasteiger partial charge in [0, 0.05) is 38.4 Å². The van der Waals surface area contributed by atoms with Crippen molar-refractivity contribution in [1.82, 2.24) is 9.21 Å². The minimum Gasteiger partial charge on any atom is -0.368 e. The van der Waals surface area contributed by atoms with Gasteiger partial charge in [-0.3, -0.25) is 4.79 Å². The minimum absolute atomic E-state index is 0.0901. The first kappa shape index (κ1) is 19.0. The molecule has 2 aromatic carbocycles. The molecule has 2 aliphatic heterocycles. The largest absolute Gasteiger partial charge is 0.368 e. The number of hydrogen-bond donors (Lipinski definition) is 0. The monoisotopic (exact) mass is 399 g/mol. The summed E-state index contributed by atoms with van der Waals surface area (Å²) in [5.74, 6) is -0.0901. The average molecular weight is 400 g/mol. The van der Waals surface area contributed by atoms with E-state index in [1.165, 1.54) is 10.6 Å². The topological polar surface area (TPSA) is 60.9 Å². The lowest BCUT2D eigenvalue weighted by Crippen LogP contribution is -2.57. The van der Waals surface area contributed by atoms with Gasteiger partial charge in [-0.2, -0.15) is 4.31 Å². The molecule has 2 aromatic rings. The van der Waals surface area contributed by atoms with Gasteiger partial charge in [-0.1, -0.05) is 42.5 Å². The molecule has 1 saturated heterocycles. The normalized spacial score (nSPS) is 20.7. The molecule has 1 fully saturated rings. The Bertz CT molecular complexity index is 954. The maximum absolute atomic E-state index is 13.3. The molecular formula is C21H25N3O3S. The molecular weight excluding hydrogens is 374 g/mol. The molecule has 2 aliphatic rings. The molecule has 2 heterocycles. The Morgan fingerprint density at radius 1 is 0.893 bits per heavy atom. The quantitative estimate of drug-likeness (QED) is 0.789. The van der Waals surface area contributed by atoms with Crippen LogP contribution in [-0.4, -0.2) is 62.0 Å². The van der Waals surface area contributed by atoms with Crippen LogP contribution < -0.4 is 4.90 Å². The molecule has 1 amide bonds. The number of rotatable bonds is 3. The van der Waals surface area contributed by atoms with E-state index >= 15 is 0 Å². The van der Waals surface area contributed by atoms with Crippen molar-refractivity contribution in [2.45, 2.75) is 19.0 Å². The Balaban J connectivity index is 1.50. The molecule has 0 bridgehead atoms. The summed E-state index contributed by atoms with van der Waals surface area (Å²) >= 11 is 0. The number of nitrogens with zero attached hydrogens (tertiary/aromatic N) is 3. The summed E-state index contributed by atoms with van der Waals surface area (Å²) in [6.07, 6.45) is 1.62. The number of sulfonamides is 1. The number of benzene rings is 2. The molecule has 0 N–H and O–H groups in total. The predicted octanol–water partition coefficient (Wildman–Crippen LogP) is 1.72. The van der Waals surface area contributed by atoms with Gasteiger partial charge in [-0.05, 0) is 29.7 Å². The van der Waals surface area contributed by atoms with Gasteiger partial charge in [-0.15, -0.1) is 0 Å². The Hall–Kier alpha value is -2.38. The van der Waals surface area contributed by atoms with E-state index in [0.29, 0.717) is 19.5 Å². The molecule has 1 atom stereocenters. The first-order chi connectivity index (χ1) is 13.4. The van der Waals surface area contributed by atoms with Crippen molar-refractivity contribution in [3.63, 3.8) is 0 Å². The summed E-state index contributed by atoms with van der Waals surface area (Å²) in [5.41, 5.74) is 3.19. The first-order valence-corrected chi connectivity index (χ1v) is 11.4. The minimum atomic E-state index is -3.48. The number of carbonyl (C=O) groups excluding carboxylic acids is 1. The standard InChI is InChI=1S/C21H25N3O3S/c1-28(26,27)24-16-18-8-6-5-7-17(18)15-20(24)21(25)23-13-11-22(12-14-23)19-9-3-2-4-10-19/h2-10,20H,11-16H2,1H3/t20-/m1/s1. The van der Waals surface area contributed by atoms with Gasteiger partial charge in [0.25, 0.3) is 0 Å². The van der Waals surface area contributed by atoms with E-state index in [9.17, 15) is 13.2 Å². The van der Waals surface area contributed by atoms with E-state index < -0.39 is 16.1 Å². The summed E-state index contributed by atoms with van der Waals surface area (Å²) in [5, 5.41) is 0. The van der Waals surface area contributed by atoms with Crippen LogP contribution in [0.2, 0.25) is 0 Å². The van der Waals surface area contributed by atoms with Crippen LogP contribution in [0.25, 0.3) is 0 Å². The van der Waals surface area contributed by atoms with Crippen LogP contribution in [0.4, 0.5) is 5.69 Å². The van der Waals surface area contributed by atoms with Crippen LogP contribution in [0, 0.1) is 0 Å². The molecule has 28 heavy (non-hydrogen) atoms. The van der Waals surface area contributed by atoms with E-state index in [2.05, 4.69) is 17.0 Å². The Morgan fingerprint density at radius 2 is 1.50 bits per heavy atom. The molecule has 0 aliphatic carbocycles. The zero-order valence-corrected chi connectivity index (χ0v) is 16.8. The van der Waals surface area contributed by atoms with E-state index in [4.69, 9.17) is 0 Å². The first-order valence-electron chi connectivity index (χ1n) is 9.56. The maximum Gasteiger partial charge on any atom is 0.241 e. The molecule has 6 nitrogen and oxygen atoms in total. The number of carbonyl (C=O) groups is 1. The fraction of sp³-hybridized carbons (Fsp3) is 0.381. The summed E-state index contributed by atoms with van der Waals surface area (Å²) in [7, 11) is -3.48. The second kappa shape index (κ2) is 7.56. The van der Waals surface area contributed by atoms with Crippen molar-refractivity contribution in [3.05, 3.63) is 65.7 Å². The van der Waals surface area contributed by atoms with Gasteiger partial charge in [0.05, 0.1) is 6.26 Å². The van der Waals surface area contributed by atoms with Crippen molar-refractivity contribution < 1.29 is 13.2 Å². The highest BCUT2D eigenvalue weighted by molar-refractivity contribution is 7.88. The maximum atomic E-state index is 13.3. The van der Waals surface area contributed by atoms with Gasteiger partial charge >= 0.3 is 0 Å². The van der Waals surface area contributed by atoms with Gasteiger partial charge in [0.2, 0.25) is 15.9 Å². The Labute approximate surface area is 166 Å². The van der Waals surface area contributed by atoms with Crippen LogP contribution in [0.5, 0.6) is 0 Å². The summed E-state index contributed by atoms with van der Waals surface area (Å²) in [4.78, 5) is 17.3. The molecule has 0 aromatic heterocycles. The number of fused-ring (bicyclic) bond motifs is 1. The van der Waals surface area contributed by atoms with Gasteiger partial charge in [0.1, 0.15) is 6.04 Å². The van der Waals surface area contributed by atoms with Gasteiger partial charge in [-0.25, -0.2) is 8.42 Å². The predicted molar refractivity (Wildman–Crippen MR) is 110 cm³/mol. The van der Waals surface area contributed by atoms with Crippen LogP contribution >= 0.6 is 0 Å². The third-order valence-electron chi connectivity index (χ3n) is 5.63. The molecule has 7 heteroatoms. The third kappa shape index (κ3) is 3.77. The summed E-state index contributed by atoms with van der Waals surface area (Å²) < 4.78 is 26.1. The number of amides is 1. The highest BCUT2D eigenvalue weighted by Gasteiger charge is 2.39. The lowest BCUT2D eigenvalue weighted by Gasteiger charge is -2.41. The molecule has 0 spiro atoms. The van der Waals surface area contributed by atoms with Crippen molar-refractivity contribution in [1.29, 1.82) is 0 Å². The third-order valence-corrected chi connectivity index (χ3v) is 6.86. The van der Waals surface area contributed by atoms with Crippen molar-refractivity contribution in [3.8, 4) is 0 Å². The molecule has 0 unspecified atom stereocenters. The fourth-order valence-electron chi connectivity index (χ4n) is 4.09. The average Bonchev–Trinajstić information content (AvgIpc) is 2.72. The van der Waals surface area contributed by atoms with Crippen molar-refractivity contribution in [2.24, 2.45) is 0 Å². The second-order valence-electron chi connectivity index (χ2n) is 7.44. The van der Waals surface area contributed by atoms with Crippen LogP contribution in [0.1, 0.15) is 11.1 Å². The second-order valence-corrected chi connectivity index (χ2v) is 9.38. The van der Waals surface area contributed by atoms with E-state index in [-0.39, 0.29) is 12.5 Å². The van der Waals surface area contributed by atoms with E-state index in [1.807, 2.05) is 47.4 Å². The van der Waals surface area contributed by atoms with Crippen molar-refractivity contribution >= 4 is 21.6 Å². The van der Waals surface area contributed by atoms with Crippen molar-refractivity contribution in [2.75, 3.05) is 37.3 Å². The van der Waals surface area contributed by atoms with E-state index in [1.54, 1.807) is 0 Å². The lowest BCUT2D eigenvalue weighted by molar-refractivity contribution is -0.136. The van der Waals surface area contributed by atoms with Gasteiger partial charge < -0.3 is 9.80 Å². The van der Waals surface area contributed by atoms with E-state index in [0.717, 1.165) is 29.9 Å². The van der Waals surface area contributed by atoms with Gasteiger partial charge in [0.15, 0.2) is 0 Å². The zero-order valence-electron chi connectivity index (χ0n) is 16.0. The summed E-state index contributed by atoms with van der Waals surface area (Å²) in [6, 6.07) is 17.3. The summed E-state index contributed by atoms with van der Waals surface area (Å²) in [6.45, 7) is 2.96. The fourth-order valence-corrected chi connectivity index (χ4v) is 5.09. The highest BCUT2D eigenvalue weighted by atomic mass is 32.2. The highest BCUT2D eigenvalue weighted by Crippen LogP contribution is 2.27.